The van der Waals surface area contributed by atoms with Crippen LogP contribution in [0.1, 0.15) is 31.3 Å². The maximum Gasteiger partial charge on any atom is 0.134 e. The second-order valence-electron chi connectivity index (χ2n) is 3.59. The topological polar surface area (TPSA) is 46.0 Å². The Hall–Kier alpha value is -0.960. The minimum Gasteiger partial charge on any atom is -0.390 e. The minimum atomic E-state index is 0.00556. The van der Waals surface area contributed by atoms with Gasteiger partial charge in [0.05, 0.1) is 12.3 Å². The molecule has 0 unspecified atom stereocenters. The molecule has 1 N–H and O–H groups in total. The maximum absolute atomic E-state index is 8.86. The first-order valence-electron chi connectivity index (χ1n) is 4.18. The third-order valence-electron chi connectivity index (χ3n) is 2.42. The van der Waals surface area contributed by atoms with Gasteiger partial charge < -0.3 is 5.11 Å². The van der Waals surface area contributed by atoms with Crippen molar-refractivity contribution in [2.75, 3.05) is 0 Å². The van der Waals surface area contributed by atoms with Gasteiger partial charge in [-0.05, 0) is 18.9 Å². The van der Waals surface area contributed by atoms with Crippen LogP contribution in [0.15, 0.2) is 12.3 Å². The number of aliphatic hydroxyl groups is 1. The van der Waals surface area contributed by atoms with Gasteiger partial charge >= 0.3 is 0 Å². The van der Waals surface area contributed by atoms with Gasteiger partial charge in [-0.1, -0.05) is 6.92 Å². The van der Waals surface area contributed by atoms with Crippen LogP contribution in [0, 0.1) is 0 Å². The van der Waals surface area contributed by atoms with E-state index >= 15 is 0 Å². The van der Waals surface area contributed by atoms with Crippen molar-refractivity contribution in [3.05, 3.63) is 23.8 Å². The summed E-state index contributed by atoms with van der Waals surface area (Å²) in [6.07, 6.45) is 4.06. The molecular weight excluding hydrogens is 152 g/mol. The summed E-state index contributed by atoms with van der Waals surface area (Å²) in [5.41, 5.74) is 0.915. The summed E-state index contributed by atoms with van der Waals surface area (Å²) in [7, 11) is 0. The monoisotopic (exact) mass is 164 g/mol. The molecule has 1 aromatic rings. The molecule has 64 valence electrons. The van der Waals surface area contributed by atoms with Gasteiger partial charge in [0, 0.05) is 11.6 Å². The zero-order valence-corrected chi connectivity index (χ0v) is 7.12. The fourth-order valence-corrected chi connectivity index (χ4v) is 1.19. The molecule has 1 aromatic heterocycles. The van der Waals surface area contributed by atoms with Crippen LogP contribution >= 0.6 is 0 Å². The maximum atomic E-state index is 8.86. The molecule has 0 atom stereocenters. The fourth-order valence-electron chi connectivity index (χ4n) is 1.19. The Balaban J connectivity index is 2.32. The number of rotatable bonds is 2. The van der Waals surface area contributed by atoms with Crippen LogP contribution < -0.4 is 0 Å². The van der Waals surface area contributed by atoms with E-state index in [0.717, 1.165) is 5.82 Å². The molecule has 0 bridgehead atoms. The van der Waals surface area contributed by atoms with Gasteiger partial charge in [0.15, 0.2) is 0 Å². The first-order chi connectivity index (χ1) is 5.74. The molecule has 0 amide bonds. The summed E-state index contributed by atoms with van der Waals surface area (Å²) in [4.78, 5) is 8.46. The molecule has 0 aliphatic heterocycles. The Morgan fingerprint density at radius 3 is 2.92 bits per heavy atom. The Morgan fingerprint density at radius 1 is 1.58 bits per heavy atom. The smallest absolute Gasteiger partial charge is 0.134 e. The lowest BCUT2D eigenvalue weighted by Gasteiger charge is -2.06. The van der Waals surface area contributed by atoms with Crippen LogP contribution in [0.4, 0.5) is 0 Å². The normalized spacial score (nSPS) is 19.2. The summed E-state index contributed by atoms with van der Waals surface area (Å²) in [5.74, 6) is 0.883. The van der Waals surface area contributed by atoms with Gasteiger partial charge in [0.2, 0.25) is 0 Å². The van der Waals surface area contributed by atoms with E-state index in [9.17, 15) is 0 Å². The van der Waals surface area contributed by atoms with Crippen molar-refractivity contribution in [3.63, 3.8) is 0 Å². The zero-order valence-electron chi connectivity index (χ0n) is 7.12. The van der Waals surface area contributed by atoms with E-state index in [-0.39, 0.29) is 12.0 Å². The Labute approximate surface area is 71.5 Å². The van der Waals surface area contributed by atoms with E-state index in [0.29, 0.717) is 5.69 Å². The van der Waals surface area contributed by atoms with E-state index in [2.05, 4.69) is 16.9 Å². The van der Waals surface area contributed by atoms with E-state index in [1.807, 2.05) is 0 Å². The van der Waals surface area contributed by atoms with Crippen molar-refractivity contribution < 1.29 is 5.11 Å². The molecule has 1 heterocycles. The predicted molar refractivity (Wildman–Crippen MR) is 44.5 cm³/mol. The lowest BCUT2D eigenvalue weighted by molar-refractivity contribution is 0.276. The third-order valence-corrected chi connectivity index (χ3v) is 2.42. The second kappa shape index (κ2) is 2.52. The standard InChI is InChI=1S/C9H12N2O/c1-9(3-4-9)8-10-5-2-7(6-12)11-8/h2,5,12H,3-4,6H2,1H3. The molecule has 12 heavy (non-hydrogen) atoms. The number of aliphatic hydroxyl groups excluding tert-OH is 1. The van der Waals surface area contributed by atoms with Gasteiger partial charge in [-0.2, -0.15) is 0 Å². The molecule has 0 saturated heterocycles. The molecule has 2 rings (SSSR count). The Bertz CT molecular complexity index is 294. The van der Waals surface area contributed by atoms with Crippen LogP contribution in [-0.4, -0.2) is 15.1 Å². The minimum absolute atomic E-state index is 0.00556. The van der Waals surface area contributed by atoms with E-state index < -0.39 is 0 Å². The van der Waals surface area contributed by atoms with Crippen molar-refractivity contribution in [1.82, 2.24) is 9.97 Å². The van der Waals surface area contributed by atoms with E-state index in [4.69, 9.17) is 5.11 Å². The molecule has 0 spiro atoms. The fraction of sp³-hybridized carbons (Fsp3) is 0.556. The first-order valence-corrected chi connectivity index (χ1v) is 4.18. The molecule has 1 fully saturated rings. The highest BCUT2D eigenvalue weighted by Gasteiger charge is 2.41. The molecule has 3 heteroatoms. The van der Waals surface area contributed by atoms with E-state index in [1.54, 1.807) is 12.3 Å². The molecular formula is C9H12N2O. The Kier molecular flexibility index (Phi) is 1.61. The molecule has 0 aromatic carbocycles. The molecule has 1 aliphatic carbocycles. The first kappa shape index (κ1) is 7.68. The quantitative estimate of drug-likeness (QED) is 0.709. The SMILES string of the molecule is CC1(c2nccc(CO)n2)CC1. The summed E-state index contributed by atoms with van der Waals surface area (Å²) in [6, 6.07) is 1.75. The zero-order chi connectivity index (χ0) is 8.60. The van der Waals surface area contributed by atoms with Crippen LogP contribution in [0.3, 0.4) is 0 Å². The van der Waals surface area contributed by atoms with Gasteiger partial charge in [-0.25, -0.2) is 9.97 Å². The molecule has 1 aliphatic rings. The van der Waals surface area contributed by atoms with Crippen LogP contribution in [0.2, 0.25) is 0 Å². The highest BCUT2D eigenvalue weighted by Crippen LogP contribution is 2.45. The summed E-state index contributed by atoms with van der Waals surface area (Å²) >= 11 is 0. The largest absolute Gasteiger partial charge is 0.390 e. The van der Waals surface area contributed by atoms with Gasteiger partial charge in [0.25, 0.3) is 0 Å². The van der Waals surface area contributed by atoms with Crippen LogP contribution in [0.5, 0.6) is 0 Å². The van der Waals surface area contributed by atoms with Crippen molar-refractivity contribution in [1.29, 1.82) is 0 Å². The average Bonchev–Trinajstić information content (AvgIpc) is 2.85. The number of hydrogen-bond acceptors (Lipinski definition) is 3. The van der Waals surface area contributed by atoms with E-state index in [1.165, 1.54) is 12.8 Å². The highest BCUT2D eigenvalue weighted by atomic mass is 16.3. The summed E-state index contributed by atoms with van der Waals surface area (Å²) in [6.45, 7) is 2.16. The van der Waals surface area contributed by atoms with Crippen LogP contribution in [-0.2, 0) is 12.0 Å². The van der Waals surface area contributed by atoms with Crippen molar-refractivity contribution in [3.8, 4) is 0 Å². The third kappa shape index (κ3) is 1.20. The van der Waals surface area contributed by atoms with Gasteiger partial charge in [-0.15, -0.1) is 0 Å². The predicted octanol–water partition coefficient (Wildman–Crippen LogP) is 1.02. The number of nitrogens with zero attached hydrogens (tertiary/aromatic N) is 2. The molecule has 3 nitrogen and oxygen atoms in total. The van der Waals surface area contributed by atoms with Crippen molar-refractivity contribution in [2.24, 2.45) is 0 Å². The highest BCUT2D eigenvalue weighted by molar-refractivity contribution is 5.17. The molecule has 0 radical (unpaired) electrons. The average molecular weight is 164 g/mol. The van der Waals surface area contributed by atoms with Crippen molar-refractivity contribution >= 4 is 0 Å². The molecule has 1 saturated carbocycles. The van der Waals surface area contributed by atoms with Gasteiger partial charge in [-0.3, -0.25) is 0 Å². The lowest BCUT2D eigenvalue weighted by atomic mass is 10.1. The van der Waals surface area contributed by atoms with Crippen LogP contribution in [0.25, 0.3) is 0 Å². The summed E-state index contributed by atoms with van der Waals surface area (Å²) < 4.78 is 0. The number of aromatic nitrogens is 2. The number of hydrogen-bond donors (Lipinski definition) is 1. The summed E-state index contributed by atoms with van der Waals surface area (Å²) in [5, 5.41) is 8.86. The van der Waals surface area contributed by atoms with Gasteiger partial charge in [0.1, 0.15) is 5.82 Å². The van der Waals surface area contributed by atoms with Crippen molar-refractivity contribution in [2.45, 2.75) is 31.8 Å². The Morgan fingerprint density at radius 2 is 2.33 bits per heavy atom. The lowest BCUT2D eigenvalue weighted by Crippen LogP contribution is -2.08. The second-order valence-corrected chi connectivity index (χ2v) is 3.59.